The van der Waals surface area contributed by atoms with Crippen molar-refractivity contribution in [3.8, 4) is 5.75 Å². The van der Waals surface area contributed by atoms with E-state index in [1.54, 1.807) is 11.3 Å². The first-order valence-corrected chi connectivity index (χ1v) is 10.6. The lowest BCUT2D eigenvalue weighted by Gasteiger charge is -2.22. The highest BCUT2D eigenvalue weighted by atomic mass is 32.1. The monoisotopic (exact) mass is 412 g/mol. The van der Waals surface area contributed by atoms with E-state index in [2.05, 4.69) is 37.9 Å². The van der Waals surface area contributed by atoms with Crippen LogP contribution in [0.4, 0.5) is 0 Å². The first-order valence-electron chi connectivity index (χ1n) is 9.68. The van der Waals surface area contributed by atoms with Crippen molar-refractivity contribution < 1.29 is 4.74 Å². The summed E-state index contributed by atoms with van der Waals surface area (Å²) in [6.45, 7) is 4.53. The molecule has 8 heteroatoms. The predicted molar refractivity (Wildman–Crippen MR) is 117 cm³/mol. The summed E-state index contributed by atoms with van der Waals surface area (Å²) in [7, 11) is 3.98. The molecule has 0 amide bonds. The molecule has 3 rings (SSSR count). The number of thiophene rings is 1. The van der Waals surface area contributed by atoms with Crippen LogP contribution >= 0.6 is 11.3 Å². The number of hydrogen-bond acceptors (Lipinski definition) is 5. The second-order valence-corrected chi connectivity index (χ2v) is 7.73. The summed E-state index contributed by atoms with van der Waals surface area (Å²) >= 11 is 1.77. The van der Waals surface area contributed by atoms with Crippen LogP contribution in [0.1, 0.15) is 16.5 Å². The van der Waals surface area contributed by atoms with Gasteiger partial charge in [0, 0.05) is 25.5 Å². The Labute approximate surface area is 176 Å². The lowest BCUT2D eigenvalue weighted by Crippen LogP contribution is -2.41. The van der Waals surface area contributed by atoms with Gasteiger partial charge in [0.05, 0.1) is 6.54 Å². The Balaban J connectivity index is 1.58. The average Bonchev–Trinajstić information content (AvgIpc) is 3.36. The molecule has 29 heavy (non-hydrogen) atoms. The number of aromatic nitrogens is 3. The largest absolute Gasteiger partial charge is 0.492 e. The lowest BCUT2D eigenvalue weighted by atomic mass is 10.3. The molecule has 154 valence electrons. The van der Waals surface area contributed by atoms with Gasteiger partial charge in [0.1, 0.15) is 24.7 Å². The Morgan fingerprint density at radius 1 is 1.21 bits per heavy atom. The number of para-hydroxylation sites is 1. The predicted octanol–water partition coefficient (Wildman–Crippen LogP) is 2.88. The normalized spacial score (nSPS) is 11.5. The molecule has 0 spiro atoms. The van der Waals surface area contributed by atoms with E-state index in [0.29, 0.717) is 13.2 Å². The molecule has 0 bridgehead atoms. The Bertz CT molecular complexity index is 891. The van der Waals surface area contributed by atoms with Gasteiger partial charge < -0.3 is 19.5 Å². The van der Waals surface area contributed by atoms with Crippen molar-refractivity contribution in [2.24, 2.45) is 12.0 Å². The number of guanidine groups is 1. The van der Waals surface area contributed by atoms with Crippen LogP contribution in [0.3, 0.4) is 0 Å². The molecule has 0 aliphatic carbocycles. The maximum absolute atomic E-state index is 5.83. The number of hydrogen-bond donors (Lipinski definition) is 1. The summed E-state index contributed by atoms with van der Waals surface area (Å²) in [5.41, 5.74) is 0. The van der Waals surface area contributed by atoms with Crippen molar-refractivity contribution in [3.05, 3.63) is 64.4 Å². The number of benzene rings is 1. The molecule has 1 N–H and O–H groups in total. The van der Waals surface area contributed by atoms with Gasteiger partial charge >= 0.3 is 0 Å². The van der Waals surface area contributed by atoms with Crippen LogP contribution in [-0.4, -0.2) is 52.4 Å². The topological polar surface area (TPSA) is 67.6 Å². The Hall–Kier alpha value is -2.87. The van der Waals surface area contributed by atoms with Gasteiger partial charge in [-0.3, -0.25) is 0 Å². The van der Waals surface area contributed by atoms with Gasteiger partial charge in [0.25, 0.3) is 0 Å². The van der Waals surface area contributed by atoms with Crippen molar-refractivity contribution in [2.45, 2.75) is 19.9 Å². The van der Waals surface area contributed by atoms with Gasteiger partial charge in [-0.05, 0) is 36.9 Å². The summed E-state index contributed by atoms with van der Waals surface area (Å²) in [5, 5.41) is 13.9. The van der Waals surface area contributed by atoms with Crippen molar-refractivity contribution >= 4 is 17.3 Å². The van der Waals surface area contributed by atoms with E-state index in [1.165, 1.54) is 4.88 Å². The van der Waals surface area contributed by atoms with E-state index >= 15 is 0 Å². The van der Waals surface area contributed by atoms with E-state index < -0.39 is 0 Å². The van der Waals surface area contributed by atoms with Gasteiger partial charge in [-0.25, -0.2) is 4.99 Å². The molecule has 0 aliphatic rings. The number of nitrogens with one attached hydrogen (secondary N) is 1. The zero-order valence-corrected chi connectivity index (χ0v) is 18.0. The van der Waals surface area contributed by atoms with Crippen LogP contribution < -0.4 is 10.1 Å². The van der Waals surface area contributed by atoms with E-state index in [4.69, 9.17) is 9.73 Å². The van der Waals surface area contributed by atoms with Gasteiger partial charge in [-0.2, -0.15) is 0 Å². The maximum Gasteiger partial charge on any atom is 0.194 e. The third kappa shape index (κ3) is 6.32. The molecule has 0 atom stereocenters. The van der Waals surface area contributed by atoms with E-state index in [-0.39, 0.29) is 0 Å². The molecule has 0 saturated carbocycles. The first kappa shape index (κ1) is 20.9. The standard InChI is InChI=1S/C21H28N6OS/c1-17-24-25-20(27(17)3)16-23-21(22-12-11-19-10-7-15-29-19)26(2)13-14-28-18-8-5-4-6-9-18/h4-10,15H,11-14,16H2,1-3H3,(H,22,23). The molecular formula is C21H28N6OS. The Morgan fingerprint density at radius 3 is 2.72 bits per heavy atom. The highest BCUT2D eigenvalue weighted by Gasteiger charge is 2.09. The number of aliphatic imine (C=N–C) groups is 1. The molecule has 0 radical (unpaired) electrons. The molecule has 3 aromatic rings. The number of likely N-dealkylation sites (N-methyl/N-ethyl adjacent to an activating group) is 1. The maximum atomic E-state index is 5.83. The summed E-state index contributed by atoms with van der Waals surface area (Å²) in [4.78, 5) is 8.21. The minimum Gasteiger partial charge on any atom is -0.492 e. The highest BCUT2D eigenvalue weighted by molar-refractivity contribution is 7.09. The highest BCUT2D eigenvalue weighted by Crippen LogP contribution is 2.09. The van der Waals surface area contributed by atoms with Crippen molar-refractivity contribution in [1.29, 1.82) is 0 Å². The van der Waals surface area contributed by atoms with Gasteiger partial charge in [0.2, 0.25) is 0 Å². The molecule has 0 aliphatic heterocycles. The quantitative estimate of drug-likeness (QED) is 0.432. The molecule has 0 unspecified atom stereocenters. The zero-order valence-electron chi connectivity index (χ0n) is 17.2. The fraction of sp³-hybridized carbons (Fsp3) is 0.381. The number of nitrogens with zero attached hydrogens (tertiary/aromatic N) is 5. The van der Waals surface area contributed by atoms with Crippen molar-refractivity contribution in [3.63, 3.8) is 0 Å². The van der Waals surface area contributed by atoms with Crippen LogP contribution in [0.15, 0.2) is 52.8 Å². The average molecular weight is 413 g/mol. The second-order valence-electron chi connectivity index (χ2n) is 6.70. The second kappa shape index (κ2) is 10.6. The van der Waals surface area contributed by atoms with Crippen molar-refractivity contribution in [2.75, 3.05) is 26.7 Å². The van der Waals surface area contributed by atoms with Crippen LogP contribution in [0, 0.1) is 6.92 Å². The van der Waals surface area contributed by atoms with Crippen LogP contribution in [-0.2, 0) is 20.0 Å². The van der Waals surface area contributed by atoms with Crippen molar-refractivity contribution in [1.82, 2.24) is 25.0 Å². The number of aryl methyl sites for hydroxylation is 1. The Morgan fingerprint density at radius 2 is 2.03 bits per heavy atom. The molecule has 2 aromatic heterocycles. The van der Waals surface area contributed by atoms with Crippen LogP contribution in [0.5, 0.6) is 5.75 Å². The SMILES string of the molecule is Cc1nnc(CN=C(NCCc2cccs2)N(C)CCOc2ccccc2)n1C. The summed E-state index contributed by atoms with van der Waals surface area (Å²) in [6, 6.07) is 14.1. The number of ether oxygens (including phenoxy) is 1. The Kier molecular flexibility index (Phi) is 7.63. The third-order valence-corrected chi connectivity index (χ3v) is 5.52. The van der Waals surface area contributed by atoms with Crippen LogP contribution in [0.2, 0.25) is 0 Å². The van der Waals surface area contributed by atoms with E-state index in [1.807, 2.05) is 55.9 Å². The number of rotatable bonds is 9. The molecular weight excluding hydrogens is 384 g/mol. The van der Waals surface area contributed by atoms with Gasteiger partial charge in [-0.1, -0.05) is 24.3 Å². The molecule has 1 aromatic carbocycles. The molecule has 0 saturated heterocycles. The molecule has 7 nitrogen and oxygen atoms in total. The van der Waals surface area contributed by atoms with E-state index in [0.717, 1.165) is 42.9 Å². The van der Waals surface area contributed by atoms with E-state index in [9.17, 15) is 0 Å². The first-order chi connectivity index (χ1) is 14.1. The lowest BCUT2D eigenvalue weighted by molar-refractivity contribution is 0.281. The summed E-state index contributed by atoms with van der Waals surface area (Å²) in [5.74, 6) is 3.43. The third-order valence-electron chi connectivity index (χ3n) is 4.59. The van der Waals surface area contributed by atoms with Gasteiger partial charge in [-0.15, -0.1) is 21.5 Å². The summed E-state index contributed by atoms with van der Waals surface area (Å²) in [6.07, 6.45) is 0.966. The molecule has 2 heterocycles. The molecule has 0 fully saturated rings. The fourth-order valence-electron chi connectivity index (χ4n) is 2.72. The van der Waals surface area contributed by atoms with Gasteiger partial charge in [0.15, 0.2) is 11.8 Å². The zero-order chi connectivity index (χ0) is 20.5. The minimum atomic E-state index is 0.475. The fourth-order valence-corrected chi connectivity index (χ4v) is 3.43. The minimum absolute atomic E-state index is 0.475. The summed E-state index contributed by atoms with van der Waals surface area (Å²) < 4.78 is 7.79. The smallest absolute Gasteiger partial charge is 0.194 e. The van der Waals surface area contributed by atoms with Crippen LogP contribution in [0.25, 0.3) is 0 Å².